The molecule has 2 aliphatic heterocycles. The van der Waals surface area contributed by atoms with Gasteiger partial charge in [0.25, 0.3) is 0 Å². The number of anilines is 1. The van der Waals surface area contributed by atoms with Crippen molar-refractivity contribution in [2.45, 2.75) is 12.8 Å². The van der Waals surface area contributed by atoms with Gasteiger partial charge in [0.15, 0.2) is 0 Å². The number of aromatic nitrogens is 1. The van der Waals surface area contributed by atoms with Gasteiger partial charge in [-0.15, -0.1) is 0 Å². The number of carbonyl (C=O) groups is 1. The average Bonchev–Trinajstić information content (AvgIpc) is 2.67. The summed E-state index contributed by atoms with van der Waals surface area (Å²) in [4.78, 5) is 21.6. The second-order valence-corrected chi connectivity index (χ2v) is 7.15. The number of fused-ring (bicyclic) bond motifs is 1. The monoisotopic (exact) mass is 359 g/mol. The van der Waals surface area contributed by atoms with Gasteiger partial charge in [0, 0.05) is 48.5 Å². The Morgan fingerprint density at radius 3 is 2.88 bits per heavy atom. The highest BCUT2D eigenvalue weighted by Crippen LogP contribution is 2.31. The van der Waals surface area contributed by atoms with Crippen molar-refractivity contribution in [3.63, 3.8) is 0 Å². The first-order chi connectivity index (χ1) is 12.2. The number of pyridine rings is 1. The zero-order chi connectivity index (χ0) is 17.2. The minimum absolute atomic E-state index is 0.0577. The van der Waals surface area contributed by atoms with E-state index in [-0.39, 0.29) is 11.8 Å². The van der Waals surface area contributed by atoms with Crippen LogP contribution >= 0.6 is 11.6 Å². The Morgan fingerprint density at radius 2 is 2.04 bits per heavy atom. The topological polar surface area (TPSA) is 45.7 Å². The quantitative estimate of drug-likeness (QED) is 0.827. The fourth-order valence-corrected chi connectivity index (χ4v) is 3.99. The van der Waals surface area contributed by atoms with Crippen LogP contribution in [0.4, 0.5) is 5.69 Å². The molecule has 0 bridgehead atoms. The van der Waals surface area contributed by atoms with Crippen molar-refractivity contribution in [3.05, 3.63) is 35.5 Å². The highest BCUT2D eigenvalue weighted by Gasteiger charge is 2.30. The van der Waals surface area contributed by atoms with Crippen molar-refractivity contribution in [3.8, 4) is 0 Å². The van der Waals surface area contributed by atoms with E-state index in [1.807, 2.05) is 35.4 Å². The highest BCUT2D eigenvalue weighted by molar-refractivity contribution is 6.31. The number of morpholine rings is 1. The molecule has 25 heavy (non-hydrogen) atoms. The Morgan fingerprint density at radius 1 is 1.20 bits per heavy atom. The third-order valence-electron chi connectivity index (χ3n) is 5.12. The van der Waals surface area contributed by atoms with Gasteiger partial charge in [-0.2, -0.15) is 0 Å². The zero-order valence-corrected chi connectivity index (χ0v) is 14.9. The molecule has 0 aliphatic carbocycles. The molecule has 5 nitrogen and oxygen atoms in total. The predicted molar refractivity (Wildman–Crippen MR) is 99.1 cm³/mol. The van der Waals surface area contributed by atoms with Crippen LogP contribution in [0.2, 0.25) is 5.02 Å². The predicted octanol–water partition coefficient (Wildman–Crippen LogP) is 2.96. The molecule has 2 fully saturated rings. The number of benzene rings is 1. The largest absolute Gasteiger partial charge is 0.378 e. The summed E-state index contributed by atoms with van der Waals surface area (Å²) in [6.07, 6.45) is 3.81. The van der Waals surface area contributed by atoms with Gasteiger partial charge < -0.3 is 14.5 Å². The number of hydrogen-bond donors (Lipinski definition) is 0. The smallest absolute Gasteiger partial charge is 0.227 e. The third-order valence-corrected chi connectivity index (χ3v) is 5.35. The molecule has 6 heteroatoms. The van der Waals surface area contributed by atoms with Crippen molar-refractivity contribution >= 4 is 34.1 Å². The molecule has 1 amide bonds. The van der Waals surface area contributed by atoms with Crippen LogP contribution in [0.15, 0.2) is 30.5 Å². The first-order valence-corrected chi connectivity index (χ1v) is 9.26. The van der Waals surface area contributed by atoms with Crippen molar-refractivity contribution in [2.24, 2.45) is 5.92 Å². The van der Waals surface area contributed by atoms with E-state index < -0.39 is 0 Å². The molecule has 3 heterocycles. The number of carbonyl (C=O) groups excluding carboxylic acids is 1. The molecule has 0 N–H and O–H groups in total. The van der Waals surface area contributed by atoms with Crippen LogP contribution in [-0.4, -0.2) is 55.2 Å². The average molecular weight is 360 g/mol. The molecule has 1 unspecified atom stereocenters. The van der Waals surface area contributed by atoms with Gasteiger partial charge >= 0.3 is 0 Å². The maximum atomic E-state index is 12.9. The van der Waals surface area contributed by atoms with Crippen molar-refractivity contribution < 1.29 is 9.53 Å². The molecule has 132 valence electrons. The Kier molecular flexibility index (Phi) is 4.77. The third kappa shape index (κ3) is 3.44. The van der Waals surface area contributed by atoms with Crippen LogP contribution in [0.25, 0.3) is 10.9 Å². The van der Waals surface area contributed by atoms with E-state index >= 15 is 0 Å². The van der Waals surface area contributed by atoms with Crippen LogP contribution in [0.1, 0.15) is 12.8 Å². The lowest BCUT2D eigenvalue weighted by Gasteiger charge is -2.37. The van der Waals surface area contributed by atoms with E-state index in [1.54, 1.807) is 0 Å². The van der Waals surface area contributed by atoms with E-state index in [4.69, 9.17) is 16.3 Å². The molecular formula is C19H22ClN3O2. The van der Waals surface area contributed by atoms with E-state index in [0.29, 0.717) is 31.3 Å². The Labute approximate surface area is 152 Å². The number of amides is 1. The Bertz CT molecular complexity index is 776. The lowest BCUT2D eigenvalue weighted by Crippen LogP contribution is -2.48. The summed E-state index contributed by atoms with van der Waals surface area (Å²) in [6.45, 7) is 4.46. The number of piperidine rings is 1. The molecule has 1 aromatic carbocycles. The van der Waals surface area contributed by atoms with Gasteiger partial charge in [-0.3, -0.25) is 9.78 Å². The first-order valence-electron chi connectivity index (χ1n) is 8.88. The van der Waals surface area contributed by atoms with Gasteiger partial charge in [-0.1, -0.05) is 11.6 Å². The number of rotatable bonds is 2. The van der Waals surface area contributed by atoms with Crippen molar-refractivity contribution in [1.82, 2.24) is 9.88 Å². The Balaban J connectivity index is 1.56. The van der Waals surface area contributed by atoms with Gasteiger partial charge in [-0.25, -0.2) is 0 Å². The summed E-state index contributed by atoms with van der Waals surface area (Å²) in [5.74, 6) is 0.330. The van der Waals surface area contributed by atoms with Crippen LogP contribution in [-0.2, 0) is 9.53 Å². The molecule has 2 saturated heterocycles. The lowest BCUT2D eigenvalue weighted by atomic mass is 9.95. The fourth-order valence-electron chi connectivity index (χ4n) is 3.82. The standard InChI is InChI=1S/C19H22ClN3O2/c20-15-3-4-16-17(12-15)21-6-5-18(16)23-7-1-2-14(13-23)19(24)22-8-10-25-11-9-22/h3-6,12,14H,1-2,7-11,13H2. The highest BCUT2D eigenvalue weighted by atomic mass is 35.5. The minimum Gasteiger partial charge on any atom is -0.378 e. The van der Waals surface area contributed by atoms with Crippen LogP contribution in [0.3, 0.4) is 0 Å². The van der Waals surface area contributed by atoms with Crippen LogP contribution in [0, 0.1) is 5.92 Å². The van der Waals surface area contributed by atoms with E-state index in [0.717, 1.165) is 42.5 Å². The van der Waals surface area contributed by atoms with E-state index in [9.17, 15) is 4.79 Å². The summed E-state index contributed by atoms with van der Waals surface area (Å²) in [5, 5.41) is 1.78. The second kappa shape index (κ2) is 7.18. The fraction of sp³-hybridized carbons (Fsp3) is 0.474. The molecule has 0 radical (unpaired) electrons. The van der Waals surface area contributed by atoms with Crippen molar-refractivity contribution in [2.75, 3.05) is 44.3 Å². The second-order valence-electron chi connectivity index (χ2n) is 6.71. The van der Waals surface area contributed by atoms with E-state index in [1.165, 1.54) is 0 Å². The number of halogens is 1. The molecule has 4 rings (SSSR count). The SMILES string of the molecule is O=C(C1CCCN(c2ccnc3cc(Cl)ccc23)C1)N1CCOCC1. The first kappa shape index (κ1) is 16.6. The molecule has 0 saturated carbocycles. The summed E-state index contributed by atoms with van der Waals surface area (Å²) in [5.41, 5.74) is 2.03. The molecule has 0 spiro atoms. The molecular weight excluding hydrogens is 338 g/mol. The normalized spacial score (nSPS) is 21.6. The zero-order valence-electron chi connectivity index (χ0n) is 14.2. The van der Waals surface area contributed by atoms with Gasteiger partial charge in [0.1, 0.15) is 0 Å². The maximum absolute atomic E-state index is 12.9. The van der Waals surface area contributed by atoms with Crippen molar-refractivity contribution in [1.29, 1.82) is 0 Å². The Hall–Kier alpha value is -1.85. The molecule has 2 aliphatic rings. The number of hydrogen-bond acceptors (Lipinski definition) is 4. The molecule has 1 aromatic heterocycles. The lowest BCUT2D eigenvalue weighted by molar-refractivity contribution is -0.139. The molecule has 1 atom stereocenters. The summed E-state index contributed by atoms with van der Waals surface area (Å²) in [6, 6.07) is 7.85. The summed E-state index contributed by atoms with van der Waals surface area (Å²) >= 11 is 6.09. The number of nitrogens with zero attached hydrogens (tertiary/aromatic N) is 3. The van der Waals surface area contributed by atoms with Crippen LogP contribution in [0.5, 0.6) is 0 Å². The maximum Gasteiger partial charge on any atom is 0.227 e. The summed E-state index contributed by atoms with van der Waals surface area (Å²) < 4.78 is 5.36. The molecule has 2 aromatic rings. The number of ether oxygens (including phenoxy) is 1. The van der Waals surface area contributed by atoms with E-state index in [2.05, 4.69) is 9.88 Å². The van der Waals surface area contributed by atoms with Gasteiger partial charge in [-0.05, 0) is 37.1 Å². The van der Waals surface area contributed by atoms with Crippen LogP contribution < -0.4 is 4.90 Å². The van der Waals surface area contributed by atoms with Gasteiger partial charge in [0.2, 0.25) is 5.91 Å². The van der Waals surface area contributed by atoms with Gasteiger partial charge in [0.05, 0.1) is 24.6 Å². The summed E-state index contributed by atoms with van der Waals surface area (Å²) in [7, 11) is 0. The minimum atomic E-state index is 0.0577.